The topological polar surface area (TPSA) is 59.0 Å². The van der Waals surface area contributed by atoms with Crippen molar-refractivity contribution in [1.82, 2.24) is 5.01 Å². The van der Waals surface area contributed by atoms with E-state index in [0.717, 1.165) is 15.5 Å². The summed E-state index contributed by atoms with van der Waals surface area (Å²) < 4.78 is 5.20. The zero-order valence-corrected chi connectivity index (χ0v) is 15.9. The highest BCUT2D eigenvalue weighted by atomic mass is 32.1. The molecule has 0 radical (unpaired) electrons. The third-order valence-electron chi connectivity index (χ3n) is 4.18. The minimum absolute atomic E-state index is 0.162. The maximum absolute atomic E-state index is 12.8. The number of hydrogen-bond acceptors (Lipinski definition) is 6. The van der Waals surface area contributed by atoms with Gasteiger partial charge in [0.1, 0.15) is 0 Å². The average molecular weight is 396 g/mol. The number of hydrogen-bond donors (Lipinski definition) is 0. The standard InChI is InChI=1S/C20H16N2O3S2/c23-19(13-25-20(24)14-6-2-1-3-7-14)22-16(18-9-5-11-27-18)12-15(21-22)17-8-4-10-26-17/h1-11,16H,12-13H2/t16-/m0/s1. The van der Waals surface area contributed by atoms with Crippen LogP contribution < -0.4 is 0 Å². The minimum Gasteiger partial charge on any atom is -0.452 e. The van der Waals surface area contributed by atoms with Gasteiger partial charge in [0.05, 0.1) is 22.2 Å². The van der Waals surface area contributed by atoms with E-state index in [2.05, 4.69) is 5.10 Å². The van der Waals surface area contributed by atoms with Crippen LogP contribution in [-0.4, -0.2) is 29.2 Å². The molecule has 0 saturated heterocycles. The van der Waals surface area contributed by atoms with E-state index in [1.165, 1.54) is 5.01 Å². The SMILES string of the molecule is O=C(OCC(=O)N1N=C(c2cccs2)C[C@H]1c1cccs1)c1ccccc1. The van der Waals surface area contributed by atoms with Crippen LogP contribution in [0.25, 0.3) is 0 Å². The maximum Gasteiger partial charge on any atom is 0.338 e. The number of benzene rings is 1. The van der Waals surface area contributed by atoms with Gasteiger partial charge in [0, 0.05) is 11.3 Å². The summed E-state index contributed by atoms with van der Waals surface area (Å²) in [7, 11) is 0. The van der Waals surface area contributed by atoms with Crippen molar-refractivity contribution in [3.05, 3.63) is 80.7 Å². The lowest BCUT2D eigenvalue weighted by molar-refractivity contribution is -0.136. The molecule has 4 rings (SSSR count). The maximum atomic E-state index is 12.8. The lowest BCUT2D eigenvalue weighted by Gasteiger charge is -2.20. The van der Waals surface area contributed by atoms with Crippen LogP contribution in [0.4, 0.5) is 0 Å². The largest absolute Gasteiger partial charge is 0.452 e. The molecule has 0 spiro atoms. The highest BCUT2D eigenvalue weighted by Crippen LogP contribution is 2.35. The summed E-state index contributed by atoms with van der Waals surface area (Å²) in [5.41, 5.74) is 1.30. The molecule has 5 nitrogen and oxygen atoms in total. The number of carbonyl (C=O) groups excluding carboxylic acids is 2. The summed E-state index contributed by atoms with van der Waals surface area (Å²) in [6, 6.07) is 16.4. The third kappa shape index (κ3) is 3.84. The van der Waals surface area contributed by atoms with E-state index in [0.29, 0.717) is 12.0 Å². The van der Waals surface area contributed by atoms with E-state index in [-0.39, 0.29) is 18.6 Å². The summed E-state index contributed by atoms with van der Waals surface area (Å²) in [4.78, 5) is 27.0. The molecule has 2 aromatic heterocycles. The second kappa shape index (κ2) is 7.85. The molecule has 3 aromatic rings. The van der Waals surface area contributed by atoms with E-state index in [1.807, 2.05) is 41.1 Å². The molecule has 1 amide bonds. The van der Waals surface area contributed by atoms with Crippen LogP contribution in [0.15, 0.2) is 70.5 Å². The Labute approximate surface area is 164 Å². The summed E-state index contributed by atoms with van der Waals surface area (Å²) >= 11 is 3.19. The van der Waals surface area contributed by atoms with Gasteiger partial charge in [-0.05, 0) is 35.0 Å². The summed E-state index contributed by atoms with van der Waals surface area (Å²) in [6.07, 6.45) is 0.652. The van der Waals surface area contributed by atoms with E-state index < -0.39 is 5.97 Å². The van der Waals surface area contributed by atoms with E-state index in [9.17, 15) is 9.59 Å². The second-order valence-electron chi connectivity index (χ2n) is 5.94. The van der Waals surface area contributed by atoms with Crippen LogP contribution in [-0.2, 0) is 9.53 Å². The molecule has 0 unspecified atom stereocenters. The van der Waals surface area contributed by atoms with Crippen molar-refractivity contribution in [2.45, 2.75) is 12.5 Å². The Morgan fingerprint density at radius 1 is 1.04 bits per heavy atom. The van der Waals surface area contributed by atoms with E-state index in [4.69, 9.17) is 4.74 Å². The Balaban J connectivity index is 1.50. The van der Waals surface area contributed by atoms with Crippen molar-refractivity contribution in [2.24, 2.45) is 5.10 Å². The summed E-state index contributed by atoms with van der Waals surface area (Å²) in [5.74, 6) is -0.845. The van der Waals surface area contributed by atoms with Gasteiger partial charge < -0.3 is 4.74 Å². The highest BCUT2D eigenvalue weighted by Gasteiger charge is 2.34. The molecule has 1 aliphatic heterocycles. The number of carbonyl (C=O) groups is 2. The number of rotatable bonds is 5. The Morgan fingerprint density at radius 2 is 1.81 bits per heavy atom. The van der Waals surface area contributed by atoms with E-state index >= 15 is 0 Å². The molecular formula is C20H16N2O3S2. The van der Waals surface area contributed by atoms with Crippen LogP contribution in [0.3, 0.4) is 0 Å². The van der Waals surface area contributed by atoms with Crippen molar-refractivity contribution in [2.75, 3.05) is 6.61 Å². The predicted octanol–water partition coefficient (Wildman–Crippen LogP) is 4.34. The van der Waals surface area contributed by atoms with E-state index in [1.54, 1.807) is 46.9 Å². The van der Waals surface area contributed by atoms with Crippen LogP contribution in [0.5, 0.6) is 0 Å². The van der Waals surface area contributed by atoms with Gasteiger partial charge >= 0.3 is 5.97 Å². The first-order valence-electron chi connectivity index (χ1n) is 8.41. The van der Waals surface area contributed by atoms with Gasteiger partial charge in [-0.1, -0.05) is 30.3 Å². The molecule has 1 atom stereocenters. The molecule has 0 aliphatic carbocycles. The van der Waals surface area contributed by atoms with Crippen LogP contribution in [0, 0.1) is 0 Å². The molecule has 27 heavy (non-hydrogen) atoms. The molecule has 1 aromatic carbocycles. The minimum atomic E-state index is -0.515. The smallest absolute Gasteiger partial charge is 0.338 e. The predicted molar refractivity (Wildman–Crippen MR) is 106 cm³/mol. The van der Waals surface area contributed by atoms with Crippen LogP contribution in [0.1, 0.15) is 32.6 Å². The Kier molecular flexibility index (Phi) is 5.13. The molecule has 1 aliphatic rings. The second-order valence-corrected chi connectivity index (χ2v) is 7.87. The zero-order chi connectivity index (χ0) is 18.6. The van der Waals surface area contributed by atoms with Gasteiger partial charge in [0.15, 0.2) is 6.61 Å². The molecule has 0 N–H and O–H groups in total. The normalized spacial score (nSPS) is 16.2. The molecule has 0 bridgehead atoms. The van der Waals surface area contributed by atoms with Gasteiger partial charge in [0.2, 0.25) is 0 Å². The van der Waals surface area contributed by atoms with Gasteiger partial charge in [-0.25, -0.2) is 9.80 Å². The number of hydrazone groups is 1. The number of esters is 1. The molecule has 0 saturated carbocycles. The lowest BCUT2D eigenvalue weighted by atomic mass is 10.1. The molecule has 136 valence electrons. The summed E-state index contributed by atoms with van der Waals surface area (Å²) in [6.45, 7) is -0.336. The molecule has 7 heteroatoms. The van der Waals surface area contributed by atoms with Gasteiger partial charge in [-0.15, -0.1) is 22.7 Å². The number of thiophene rings is 2. The van der Waals surface area contributed by atoms with Crippen molar-refractivity contribution >= 4 is 40.3 Å². The molecule has 3 heterocycles. The quantitative estimate of drug-likeness (QED) is 0.603. The fraction of sp³-hybridized carbons (Fsp3) is 0.150. The van der Waals surface area contributed by atoms with Gasteiger partial charge in [0.25, 0.3) is 5.91 Å². The molecular weight excluding hydrogens is 380 g/mol. The first kappa shape index (κ1) is 17.6. The fourth-order valence-corrected chi connectivity index (χ4v) is 4.42. The van der Waals surface area contributed by atoms with Gasteiger partial charge in [-0.2, -0.15) is 5.10 Å². The Hall–Kier alpha value is -2.77. The third-order valence-corrected chi connectivity index (χ3v) is 6.07. The number of amides is 1. The Morgan fingerprint density at radius 3 is 2.52 bits per heavy atom. The number of nitrogens with zero attached hydrogens (tertiary/aromatic N) is 2. The molecule has 0 fully saturated rings. The zero-order valence-electron chi connectivity index (χ0n) is 14.3. The fourth-order valence-electron chi connectivity index (χ4n) is 2.89. The van der Waals surface area contributed by atoms with Crippen LogP contribution >= 0.6 is 22.7 Å². The first-order chi connectivity index (χ1) is 13.2. The lowest BCUT2D eigenvalue weighted by Crippen LogP contribution is -2.31. The number of ether oxygens (including phenoxy) is 1. The van der Waals surface area contributed by atoms with Crippen molar-refractivity contribution < 1.29 is 14.3 Å². The van der Waals surface area contributed by atoms with Crippen molar-refractivity contribution in [1.29, 1.82) is 0 Å². The average Bonchev–Trinajstić information content (AvgIpc) is 3.46. The van der Waals surface area contributed by atoms with Crippen molar-refractivity contribution in [3.8, 4) is 0 Å². The first-order valence-corrected chi connectivity index (χ1v) is 10.2. The highest BCUT2D eigenvalue weighted by molar-refractivity contribution is 7.12. The summed E-state index contributed by atoms with van der Waals surface area (Å²) in [5, 5.41) is 9.98. The van der Waals surface area contributed by atoms with Crippen LogP contribution in [0.2, 0.25) is 0 Å². The monoisotopic (exact) mass is 396 g/mol. The Bertz CT molecular complexity index is 951. The van der Waals surface area contributed by atoms with Crippen molar-refractivity contribution in [3.63, 3.8) is 0 Å². The van der Waals surface area contributed by atoms with Gasteiger partial charge in [-0.3, -0.25) is 4.79 Å².